The van der Waals surface area contributed by atoms with Gasteiger partial charge in [-0.05, 0) is 51.3 Å². The summed E-state index contributed by atoms with van der Waals surface area (Å²) in [4.78, 5) is 29.0. The molecular weight excluding hydrogens is 534 g/mol. The molecule has 0 unspecified atom stereocenters. The number of nitrogens with one attached hydrogen (secondary N) is 2. The molecule has 11 nitrogen and oxygen atoms in total. The molecule has 11 heteroatoms. The van der Waals surface area contributed by atoms with Crippen molar-refractivity contribution in [3.63, 3.8) is 0 Å². The highest BCUT2D eigenvalue weighted by molar-refractivity contribution is 5.85. The van der Waals surface area contributed by atoms with Gasteiger partial charge in [-0.15, -0.1) is 0 Å². The fraction of sp³-hybridized carbons (Fsp3) is 0.419. The highest BCUT2D eigenvalue weighted by atomic mass is 16.6. The SMILES string of the molecule is COCCOc1cccc(Nc2nc(NCc3ccccc3)c3ncn([C@H]4CCCN(C(=O)OC(C)(C)C)C4)c3n2)c1. The highest BCUT2D eigenvalue weighted by Gasteiger charge is 2.30. The Morgan fingerprint density at radius 3 is 2.69 bits per heavy atom. The molecule has 1 atom stereocenters. The molecule has 0 radical (unpaired) electrons. The van der Waals surface area contributed by atoms with Gasteiger partial charge in [0.25, 0.3) is 0 Å². The van der Waals surface area contributed by atoms with Crippen LogP contribution in [0.2, 0.25) is 0 Å². The second-order valence-electron chi connectivity index (χ2n) is 11.3. The van der Waals surface area contributed by atoms with Gasteiger partial charge in [-0.1, -0.05) is 36.4 Å². The lowest BCUT2D eigenvalue weighted by Gasteiger charge is -2.34. The normalized spacial score (nSPS) is 15.4. The number of methoxy groups -OCH3 is 1. The predicted octanol–water partition coefficient (Wildman–Crippen LogP) is 5.78. The maximum atomic E-state index is 12.9. The third-order valence-electron chi connectivity index (χ3n) is 6.81. The van der Waals surface area contributed by atoms with Crippen molar-refractivity contribution in [2.24, 2.45) is 0 Å². The number of piperidine rings is 1. The van der Waals surface area contributed by atoms with Gasteiger partial charge in [-0.3, -0.25) is 0 Å². The van der Waals surface area contributed by atoms with Crippen molar-refractivity contribution < 1.29 is 19.0 Å². The molecule has 5 rings (SSSR count). The first-order valence-corrected chi connectivity index (χ1v) is 14.3. The number of benzene rings is 2. The third-order valence-corrected chi connectivity index (χ3v) is 6.81. The fourth-order valence-corrected chi connectivity index (χ4v) is 4.85. The minimum absolute atomic E-state index is 0.00138. The lowest BCUT2D eigenvalue weighted by Crippen LogP contribution is -2.43. The molecule has 0 aliphatic carbocycles. The molecule has 1 fully saturated rings. The number of anilines is 3. The van der Waals surface area contributed by atoms with Crippen molar-refractivity contribution in [3.8, 4) is 5.75 Å². The lowest BCUT2D eigenvalue weighted by atomic mass is 10.1. The van der Waals surface area contributed by atoms with E-state index in [9.17, 15) is 4.79 Å². The minimum atomic E-state index is -0.551. The van der Waals surface area contributed by atoms with Crippen LogP contribution in [0.25, 0.3) is 11.2 Å². The van der Waals surface area contributed by atoms with Crippen LogP contribution in [-0.4, -0.2) is 69.5 Å². The Kier molecular flexibility index (Phi) is 9.06. The third kappa shape index (κ3) is 7.47. The van der Waals surface area contributed by atoms with Crippen LogP contribution >= 0.6 is 0 Å². The zero-order valence-electron chi connectivity index (χ0n) is 24.7. The Morgan fingerprint density at radius 2 is 1.90 bits per heavy atom. The summed E-state index contributed by atoms with van der Waals surface area (Å²) in [5.41, 5.74) is 2.72. The van der Waals surface area contributed by atoms with Crippen molar-refractivity contribution in [1.82, 2.24) is 24.4 Å². The van der Waals surface area contributed by atoms with E-state index in [4.69, 9.17) is 29.2 Å². The number of aromatic nitrogens is 4. The number of ether oxygens (including phenoxy) is 3. The van der Waals surface area contributed by atoms with Crippen LogP contribution in [0.15, 0.2) is 60.9 Å². The fourth-order valence-electron chi connectivity index (χ4n) is 4.85. The molecule has 1 saturated heterocycles. The van der Waals surface area contributed by atoms with Crippen molar-refractivity contribution >= 4 is 34.7 Å². The molecule has 1 amide bonds. The molecule has 0 saturated carbocycles. The number of carbonyl (C=O) groups excluding carboxylic acids is 1. The summed E-state index contributed by atoms with van der Waals surface area (Å²) in [6, 6.07) is 17.8. The minimum Gasteiger partial charge on any atom is -0.491 e. The van der Waals surface area contributed by atoms with Crippen LogP contribution in [0.4, 0.5) is 22.2 Å². The Morgan fingerprint density at radius 1 is 1.07 bits per heavy atom. The smallest absolute Gasteiger partial charge is 0.410 e. The Hall–Kier alpha value is -4.38. The largest absolute Gasteiger partial charge is 0.491 e. The molecule has 2 N–H and O–H groups in total. The van der Waals surface area contributed by atoms with Crippen LogP contribution in [0.1, 0.15) is 45.2 Å². The molecule has 4 aromatic rings. The first kappa shape index (κ1) is 29.1. The Labute approximate surface area is 246 Å². The van der Waals surface area contributed by atoms with Gasteiger partial charge in [0.2, 0.25) is 5.95 Å². The highest BCUT2D eigenvalue weighted by Crippen LogP contribution is 2.30. The summed E-state index contributed by atoms with van der Waals surface area (Å²) in [6.45, 7) is 8.36. The summed E-state index contributed by atoms with van der Waals surface area (Å²) in [5.74, 6) is 1.76. The number of hydrogen-bond acceptors (Lipinski definition) is 9. The number of rotatable bonds is 10. The first-order valence-electron chi connectivity index (χ1n) is 14.3. The number of imidazole rings is 1. The van der Waals surface area contributed by atoms with Crippen molar-refractivity contribution in [3.05, 3.63) is 66.5 Å². The molecule has 42 heavy (non-hydrogen) atoms. The van der Waals surface area contributed by atoms with Crippen LogP contribution in [-0.2, 0) is 16.0 Å². The van der Waals surface area contributed by atoms with Gasteiger partial charge in [-0.2, -0.15) is 9.97 Å². The van der Waals surface area contributed by atoms with E-state index in [2.05, 4.69) is 27.3 Å². The van der Waals surface area contributed by atoms with Gasteiger partial charge in [0.15, 0.2) is 17.0 Å². The standard InChI is InChI=1S/C31H39N7O4/c1-31(2,3)42-30(39)37-15-9-13-24(20-37)38-21-33-26-27(32-19-22-10-6-5-7-11-22)35-29(36-28(26)38)34-23-12-8-14-25(18-23)41-17-16-40-4/h5-8,10-12,14,18,21,24H,9,13,15-17,19-20H2,1-4H3,(H2,32,34,35,36)/t24-/m0/s1. The zero-order valence-corrected chi connectivity index (χ0v) is 24.7. The molecule has 2 aromatic carbocycles. The average molecular weight is 574 g/mol. The molecular formula is C31H39N7O4. The lowest BCUT2D eigenvalue weighted by molar-refractivity contribution is 0.0174. The first-order chi connectivity index (χ1) is 20.3. The van der Waals surface area contributed by atoms with Gasteiger partial charge < -0.3 is 34.3 Å². The van der Waals surface area contributed by atoms with Gasteiger partial charge in [0, 0.05) is 38.5 Å². The van der Waals surface area contributed by atoms with E-state index >= 15 is 0 Å². The summed E-state index contributed by atoms with van der Waals surface area (Å²) >= 11 is 0. The van der Waals surface area contributed by atoms with E-state index in [-0.39, 0.29) is 12.1 Å². The quantitative estimate of drug-likeness (QED) is 0.228. The summed E-state index contributed by atoms with van der Waals surface area (Å²) in [5, 5.41) is 6.79. The van der Waals surface area contributed by atoms with Gasteiger partial charge in [-0.25, -0.2) is 9.78 Å². The van der Waals surface area contributed by atoms with E-state index in [1.54, 1.807) is 18.3 Å². The van der Waals surface area contributed by atoms with Gasteiger partial charge in [0.05, 0.1) is 19.0 Å². The van der Waals surface area contributed by atoms with Crippen LogP contribution < -0.4 is 15.4 Å². The zero-order chi connectivity index (χ0) is 29.5. The number of hydrogen-bond donors (Lipinski definition) is 2. The second kappa shape index (κ2) is 13.1. The monoisotopic (exact) mass is 573 g/mol. The van der Waals surface area contributed by atoms with Crippen molar-refractivity contribution in [2.75, 3.05) is 44.0 Å². The Bertz CT molecular complexity index is 1490. The molecule has 222 valence electrons. The molecule has 3 heterocycles. The van der Waals surface area contributed by atoms with Gasteiger partial charge in [0.1, 0.15) is 18.0 Å². The number of amides is 1. The summed E-state index contributed by atoms with van der Waals surface area (Å²) in [7, 11) is 1.64. The molecule has 2 aromatic heterocycles. The topological polar surface area (TPSA) is 116 Å². The molecule has 0 bridgehead atoms. The Balaban J connectivity index is 1.44. The van der Waals surface area contributed by atoms with Crippen LogP contribution in [0.5, 0.6) is 5.75 Å². The van der Waals surface area contributed by atoms with E-state index < -0.39 is 5.60 Å². The summed E-state index contributed by atoms with van der Waals surface area (Å²) in [6.07, 6.45) is 3.25. The number of likely N-dealkylation sites (tertiary alicyclic amines) is 1. The summed E-state index contributed by atoms with van der Waals surface area (Å²) < 4.78 is 18.6. The maximum Gasteiger partial charge on any atom is 0.410 e. The van der Waals surface area contributed by atoms with E-state index in [0.717, 1.165) is 29.8 Å². The molecule has 1 aliphatic rings. The number of nitrogens with zero attached hydrogens (tertiary/aromatic N) is 5. The maximum absolute atomic E-state index is 12.9. The van der Waals surface area contributed by atoms with Crippen LogP contribution in [0, 0.1) is 0 Å². The average Bonchev–Trinajstić information content (AvgIpc) is 3.40. The van der Waals surface area contributed by atoms with Crippen molar-refractivity contribution in [2.45, 2.75) is 51.8 Å². The second-order valence-corrected chi connectivity index (χ2v) is 11.3. The number of carbonyl (C=O) groups is 1. The van der Waals surface area contributed by atoms with Crippen LogP contribution in [0.3, 0.4) is 0 Å². The molecule has 1 aliphatic heterocycles. The predicted molar refractivity (Wildman–Crippen MR) is 162 cm³/mol. The van der Waals surface area contributed by atoms with E-state index in [0.29, 0.717) is 55.8 Å². The van der Waals surface area contributed by atoms with Gasteiger partial charge >= 0.3 is 6.09 Å². The number of fused-ring (bicyclic) bond motifs is 1. The van der Waals surface area contributed by atoms with Crippen molar-refractivity contribution in [1.29, 1.82) is 0 Å². The molecule has 0 spiro atoms. The van der Waals surface area contributed by atoms with E-state index in [1.165, 1.54) is 0 Å². The van der Waals surface area contributed by atoms with E-state index in [1.807, 2.05) is 63.2 Å².